The van der Waals surface area contributed by atoms with Gasteiger partial charge >= 0.3 is 0 Å². The van der Waals surface area contributed by atoms with Crippen LogP contribution in [-0.4, -0.2) is 36.2 Å². The lowest BCUT2D eigenvalue weighted by molar-refractivity contribution is 0.169. The first-order valence-corrected chi connectivity index (χ1v) is 6.88. The molecule has 1 aromatic carbocycles. The molecule has 0 aromatic heterocycles. The van der Waals surface area contributed by atoms with E-state index in [1.54, 1.807) is 0 Å². The summed E-state index contributed by atoms with van der Waals surface area (Å²) in [6.07, 6.45) is 1.11. The molecule has 0 amide bonds. The molecule has 1 heterocycles. The second-order valence-corrected chi connectivity index (χ2v) is 5.21. The van der Waals surface area contributed by atoms with Gasteiger partial charge in [-0.25, -0.2) is 0 Å². The predicted octanol–water partition coefficient (Wildman–Crippen LogP) is 3.21. The maximum atomic E-state index is 9.87. The molecular weight excluding hydrogens is 295 g/mol. The van der Waals surface area contributed by atoms with E-state index >= 15 is 0 Å². The molecule has 5 heteroatoms. The molecule has 0 bridgehead atoms. The fourth-order valence-electron chi connectivity index (χ4n) is 2.88. The third-order valence-corrected chi connectivity index (χ3v) is 3.88. The van der Waals surface area contributed by atoms with Gasteiger partial charge in [0.15, 0.2) is 0 Å². The Kier molecular flexibility index (Phi) is 8.52. The molecule has 0 aliphatic carbocycles. The van der Waals surface area contributed by atoms with Gasteiger partial charge in [0.25, 0.3) is 0 Å². The van der Waals surface area contributed by atoms with E-state index in [1.807, 2.05) is 13.8 Å². The van der Waals surface area contributed by atoms with Crippen molar-refractivity contribution >= 4 is 24.8 Å². The number of piperazine rings is 1. The van der Waals surface area contributed by atoms with Gasteiger partial charge < -0.3 is 10.4 Å². The van der Waals surface area contributed by atoms with Gasteiger partial charge in [-0.2, -0.15) is 0 Å². The highest BCUT2D eigenvalue weighted by molar-refractivity contribution is 5.85. The molecule has 1 aromatic rings. The standard InChI is InChI=1S/C15H24N2O.2ClH/c1-4-14(17-7-5-16-6-8-17)13-9-11(2)15(18)12(3)10-13;;/h9-10,14,16,18H,4-8H2,1-3H3;2*1H/t14-;;/m0../s1. The Hall–Kier alpha value is -0.480. The summed E-state index contributed by atoms with van der Waals surface area (Å²) in [5, 5.41) is 13.3. The van der Waals surface area contributed by atoms with Crippen LogP contribution in [0.25, 0.3) is 0 Å². The van der Waals surface area contributed by atoms with Crippen LogP contribution in [0.5, 0.6) is 5.75 Å². The molecule has 116 valence electrons. The largest absolute Gasteiger partial charge is 0.507 e. The molecule has 0 radical (unpaired) electrons. The number of benzene rings is 1. The Morgan fingerprint density at radius 1 is 1.15 bits per heavy atom. The SMILES string of the molecule is CC[C@@H](c1cc(C)c(O)c(C)c1)N1CCNCC1.Cl.Cl. The molecule has 2 rings (SSSR count). The van der Waals surface area contributed by atoms with Crippen LogP contribution in [0.15, 0.2) is 12.1 Å². The van der Waals surface area contributed by atoms with Crippen LogP contribution in [0.4, 0.5) is 0 Å². The lowest BCUT2D eigenvalue weighted by atomic mass is 9.97. The highest BCUT2D eigenvalue weighted by Gasteiger charge is 2.21. The van der Waals surface area contributed by atoms with Gasteiger partial charge in [0.05, 0.1) is 0 Å². The number of nitrogens with one attached hydrogen (secondary N) is 1. The fourth-order valence-corrected chi connectivity index (χ4v) is 2.88. The molecule has 2 N–H and O–H groups in total. The molecule has 0 spiro atoms. The van der Waals surface area contributed by atoms with Crippen LogP contribution in [-0.2, 0) is 0 Å². The first-order valence-electron chi connectivity index (χ1n) is 6.88. The number of phenols is 1. The summed E-state index contributed by atoms with van der Waals surface area (Å²) in [5.74, 6) is 0.439. The third-order valence-electron chi connectivity index (χ3n) is 3.88. The van der Waals surface area contributed by atoms with E-state index < -0.39 is 0 Å². The Balaban J connectivity index is 0.00000180. The summed E-state index contributed by atoms with van der Waals surface area (Å²) in [4.78, 5) is 2.54. The van der Waals surface area contributed by atoms with Gasteiger partial charge in [-0.05, 0) is 37.0 Å². The number of halogens is 2. The van der Waals surface area contributed by atoms with E-state index in [4.69, 9.17) is 0 Å². The van der Waals surface area contributed by atoms with E-state index in [9.17, 15) is 5.11 Å². The lowest BCUT2D eigenvalue weighted by Gasteiger charge is -2.35. The van der Waals surface area contributed by atoms with Crippen molar-refractivity contribution in [1.82, 2.24) is 10.2 Å². The smallest absolute Gasteiger partial charge is 0.121 e. The van der Waals surface area contributed by atoms with E-state index in [0.29, 0.717) is 11.8 Å². The van der Waals surface area contributed by atoms with Crippen molar-refractivity contribution in [1.29, 1.82) is 0 Å². The van der Waals surface area contributed by atoms with Gasteiger partial charge in [0.2, 0.25) is 0 Å². The van der Waals surface area contributed by atoms with Gasteiger partial charge in [-0.15, -0.1) is 24.8 Å². The Bertz CT molecular complexity index is 397. The van der Waals surface area contributed by atoms with E-state index in [1.165, 1.54) is 5.56 Å². The average Bonchev–Trinajstić information content (AvgIpc) is 2.38. The predicted molar refractivity (Wildman–Crippen MR) is 89.6 cm³/mol. The molecule has 1 aliphatic rings. The molecule has 0 unspecified atom stereocenters. The lowest BCUT2D eigenvalue weighted by Crippen LogP contribution is -2.45. The molecule has 1 saturated heterocycles. The highest BCUT2D eigenvalue weighted by Crippen LogP contribution is 2.30. The molecule has 1 fully saturated rings. The van der Waals surface area contributed by atoms with Gasteiger partial charge in [0.1, 0.15) is 5.75 Å². The number of aromatic hydroxyl groups is 1. The van der Waals surface area contributed by atoms with Crippen LogP contribution in [0.3, 0.4) is 0 Å². The molecular formula is C15H26Cl2N2O. The first kappa shape index (κ1) is 19.5. The Morgan fingerprint density at radius 2 is 1.65 bits per heavy atom. The second-order valence-electron chi connectivity index (χ2n) is 5.21. The van der Waals surface area contributed by atoms with Crippen LogP contribution in [0.1, 0.15) is 36.1 Å². The fraction of sp³-hybridized carbons (Fsp3) is 0.600. The topological polar surface area (TPSA) is 35.5 Å². The zero-order valence-electron chi connectivity index (χ0n) is 12.5. The van der Waals surface area contributed by atoms with Gasteiger partial charge in [-0.1, -0.05) is 19.1 Å². The summed E-state index contributed by atoms with van der Waals surface area (Å²) in [5.41, 5.74) is 3.31. The number of nitrogens with zero attached hydrogens (tertiary/aromatic N) is 1. The molecule has 1 atom stereocenters. The summed E-state index contributed by atoms with van der Waals surface area (Å²) < 4.78 is 0. The van der Waals surface area contributed by atoms with Crippen LogP contribution >= 0.6 is 24.8 Å². The summed E-state index contributed by atoms with van der Waals surface area (Å²) >= 11 is 0. The number of rotatable bonds is 3. The minimum Gasteiger partial charge on any atom is -0.507 e. The first-order chi connectivity index (χ1) is 8.63. The van der Waals surface area contributed by atoms with Gasteiger partial charge in [0, 0.05) is 32.2 Å². The van der Waals surface area contributed by atoms with E-state index in [0.717, 1.165) is 43.7 Å². The van der Waals surface area contributed by atoms with Crippen LogP contribution in [0, 0.1) is 13.8 Å². The maximum absolute atomic E-state index is 9.87. The van der Waals surface area contributed by atoms with Gasteiger partial charge in [-0.3, -0.25) is 4.90 Å². The number of aryl methyl sites for hydroxylation is 2. The van der Waals surface area contributed by atoms with E-state index in [2.05, 4.69) is 29.3 Å². The zero-order valence-corrected chi connectivity index (χ0v) is 14.1. The zero-order chi connectivity index (χ0) is 13.1. The van der Waals surface area contributed by atoms with Crippen molar-refractivity contribution < 1.29 is 5.11 Å². The normalized spacial score (nSPS) is 16.9. The number of hydrogen-bond donors (Lipinski definition) is 2. The molecule has 3 nitrogen and oxygen atoms in total. The number of phenolic OH excluding ortho intramolecular Hbond substituents is 1. The summed E-state index contributed by atoms with van der Waals surface area (Å²) in [6, 6.07) is 4.75. The van der Waals surface area contributed by atoms with Crippen molar-refractivity contribution in [3.05, 3.63) is 28.8 Å². The maximum Gasteiger partial charge on any atom is 0.121 e. The monoisotopic (exact) mass is 320 g/mol. The minimum absolute atomic E-state index is 0. The average molecular weight is 321 g/mol. The quantitative estimate of drug-likeness (QED) is 0.897. The minimum atomic E-state index is 0. The second kappa shape index (κ2) is 8.73. The molecule has 0 saturated carbocycles. The van der Waals surface area contributed by atoms with Crippen molar-refractivity contribution in [3.63, 3.8) is 0 Å². The molecule has 1 aliphatic heterocycles. The van der Waals surface area contributed by atoms with E-state index in [-0.39, 0.29) is 24.8 Å². The molecule has 20 heavy (non-hydrogen) atoms. The van der Waals surface area contributed by atoms with Crippen LogP contribution in [0.2, 0.25) is 0 Å². The summed E-state index contributed by atoms with van der Waals surface area (Å²) in [6.45, 7) is 10.6. The number of hydrogen-bond acceptors (Lipinski definition) is 3. The summed E-state index contributed by atoms with van der Waals surface area (Å²) in [7, 11) is 0. The Labute approximate surface area is 134 Å². The highest BCUT2D eigenvalue weighted by atomic mass is 35.5. The third kappa shape index (κ3) is 4.26. The van der Waals surface area contributed by atoms with Crippen molar-refractivity contribution in [3.8, 4) is 5.75 Å². The Morgan fingerprint density at radius 3 is 2.10 bits per heavy atom. The van der Waals surface area contributed by atoms with Crippen LogP contribution < -0.4 is 5.32 Å². The van der Waals surface area contributed by atoms with Crippen molar-refractivity contribution in [2.24, 2.45) is 0 Å². The van der Waals surface area contributed by atoms with Crippen molar-refractivity contribution in [2.75, 3.05) is 26.2 Å². The van der Waals surface area contributed by atoms with Crippen molar-refractivity contribution in [2.45, 2.75) is 33.2 Å².